The van der Waals surface area contributed by atoms with E-state index in [1.54, 1.807) is 16.5 Å². The van der Waals surface area contributed by atoms with Gasteiger partial charge in [0.15, 0.2) is 5.69 Å². The van der Waals surface area contributed by atoms with E-state index < -0.39 is 5.91 Å². The Morgan fingerprint density at radius 1 is 1.16 bits per heavy atom. The summed E-state index contributed by atoms with van der Waals surface area (Å²) < 4.78 is 6.82. The summed E-state index contributed by atoms with van der Waals surface area (Å²) in [6, 6.07) is 7.77. The van der Waals surface area contributed by atoms with Crippen LogP contribution in [0, 0.1) is 13.8 Å². The molecular weight excluding hydrogens is 322 g/mol. The van der Waals surface area contributed by atoms with Crippen LogP contribution < -0.4 is 5.32 Å². The van der Waals surface area contributed by atoms with Gasteiger partial charge in [-0.2, -0.15) is 0 Å². The maximum Gasteiger partial charge on any atom is 0.274 e. The van der Waals surface area contributed by atoms with Gasteiger partial charge >= 0.3 is 0 Å². The number of nitrogens with zero attached hydrogens (tertiary/aromatic N) is 4. The van der Waals surface area contributed by atoms with E-state index in [-0.39, 0.29) is 18.1 Å². The molecule has 1 aliphatic rings. The highest BCUT2D eigenvalue weighted by molar-refractivity contribution is 5.95. The van der Waals surface area contributed by atoms with E-state index in [0.29, 0.717) is 32.0 Å². The molecule has 1 aliphatic heterocycles. The number of benzene rings is 1. The third-order valence-electron chi connectivity index (χ3n) is 4.15. The number of aryl methyl sites for hydroxylation is 1. The average Bonchev–Trinajstić information content (AvgIpc) is 3.02. The third-order valence-corrected chi connectivity index (χ3v) is 4.15. The zero-order chi connectivity index (χ0) is 17.8. The van der Waals surface area contributed by atoms with Crippen molar-refractivity contribution in [2.24, 2.45) is 0 Å². The van der Waals surface area contributed by atoms with Crippen molar-refractivity contribution in [1.29, 1.82) is 0 Å². The molecule has 1 N–H and O–H groups in total. The van der Waals surface area contributed by atoms with Crippen LogP contribution in [0.4, 0.5) is 0 Å². The highest BCUT2D eigenvalue weighted by Gasteiger charge is 2.20. The summed E-state index contributed by atoms with van der Waals surface area (Å²) in [5.41, 5.74) is 2.82. The maximum atomic E-state index is 12.3. The Kier molecular flexibility index (Phi) is 5.08. The number of ether oxygens (including phenoxy) is 1. The van der Waals surface area contributed by atoms with Crippen LogP contribution in [-0.2, 0) is 9.53 Å². The minimum Gasteiger partial charge on any atom is -0.378 e. The van der Waals surface area contributed by atoms with Gasteiger partial charge in [0.05, 0.1) is 31.1 Å². The van der Waals surface area contributed by atoms with Gasteiger partial charge in [-0.15, -0.1) is 5.10 Å². The van der Waals surface area contributed by atoms with E-state index in [2.05, 4.69) is 15.6 Å². The molecule has 2 aromatic rings. The fourth-order valence-electron chi connectivity index (χ4n) is 2.63. The first-order chi connectivity index (χ1) is 12.1. The molecule has 0 atom stereocenters. The smallest absolute Gasteiger partial charge is 0.274 e. The van der Waals surface area contributed by atoms with Gasteiger partial charge in [-0.25, -0.2) is 4.68 Å². The van der Waals surface area contributed by atoms with Gasteiger partial charge < -0.3 is 15.0 Å². The van der Waals surface area contributed by atoms with Crippen LogP contribution in [-0.4, -0.2) is 64.6 Å². The lowest BCUT2D eigenvalue weighted by Gasteiger charge is -2.26. The van der Waals surface area contributed by atoms with Crippen LogP contribution in [0.1, 0.15) is 21.7 Å². The molecule has 0 spiro atoms. The van der Waals surface area contributed by atoms with Gasteiger partial charge in [0, 0.05) is 13.1 Å². The number of rotatable bonds is 4. The molecule has 0 radical (unpaired) electrons. The second-order valence-corrected chi connectivity index (χ2v) is 5.95. The Morgan fingerprint density at radius 2 is 1.84 bits per heavy atom. The summed E-state index contributed by atoms with van der Waals surface area (Å²) in [5.74, 6) is -0.530. The molecule has 0 saturated carbocycles. The number of morpholine rings is 1. The standard InChI is InChI=1S/C17H21N5O3/c1-12-3-5-14(6-4-12)22-13(2)16(19-20-22)17(24)18-11-15(23)21-7-9-25-10-8-21/h3-6H,7-11H2,1-2H3,(H,18,24). The van der Waals surface area contributed by atoms with Gasteiger partial charge in [-0.05, 0) is 26.0 Å². The number of nitrogens with one attached hydrogen (secondary N) is 1. The van der Waals surface area contributed by atoms with E-state index in [9.17, 15) is 9.59 Å². The van der Waals surface area contributed by atoms with Gasteiger partial charge in [-0.3, -0.25) is 9.59 Å². The van der Waals surface area contributed by atoms with E-state index in [0.717, 1.165) is 11.3 Å². The first-order valence-electron chi connectivity index (χ1n) is 8.19. The van der Waals surface area contributed by atoms with Crippen LogP contribution in [0.3, 0.4) is 0 Å². The molecule has 8 heteroatoms. The zero-order valence-electron chi connectivity index (χ0n) is 14.4. The maximum absolute atomic E-state index is 12.3. The Balaban J connectivity index is 1.64. The molecule has 3 rings (SSSR count). The summed E-state index contributed by atoms with van der Waals surface area (Å²) in [6.07, 6.45) is 0. The molecule has 1 aromatic carbocycles. The molecule has 2 amide bonds. The van der Waals surface area contributed by atoms with Gasteiger partial charge in [0.2, 0.25) is 5.91 Å². The quantitative estimate of drug-likeness (QED) is 0.872. The molecule has 25 heavy (non-hydrogen) atoms. The fourth-order valence-corrected chi connectivity index (χ4v) is 2.63. The van der Waals surface area contributed by atoms with Crippen LogP contribution in [0.15, 0.2) is 24.3 Å². The summed E-state index contributed by atoms with van der Waals surface area (Å²) in [6.45, 7) is 5.89. The average molecular weight is 343 g/mol. The summed E-state index contributed by atoms with van der Waals surface area (Å²) in [5, 5.41) is 10.6. The highest BCUT2D eigenvalue weighted by atomic mass is 16.5. The number of hydrogen-bond donors (Lipinski definition) is 1. The monoisotopic (exact) mass is 343 g/mol. The normalized spacial score (nSPS) is 14.4. The first kappa shape index (κ1) is 17.1. The number of hydrogen-bond acceptors (Lipinski definition) is 5. The van der Waals surface area contributed by atoms with Crippen molar-refractivity contribution in [1.82, 2.24) is 25.2 Å². The van der Waals surface area contributed by atoms with Gasteiger partial charge in [-0.1, -0.05) is 22.9 Å². The van der Waals surface area contributed by atoms with Crippen molar-refractivity contribution in [2.75, 3.05) is 32.8 Å². The summed E-state index contributed by atoms with van der Waals surface area (Å²) in [4.78, 5) is 26.1. The van der Waals surface area contributed by atoms with E-state index in [1.807, 2.05) is 31.2 Å². The van der Waals surface area contributed by atoms with Gasteiger partial charge in [0.1, 0.15) is 0 Å². The minimum absolute atomic E-state index is 0.0599. The Morgan fingerprint density at radius 3 is 2.52 bits per heavy atom. The topological polar surface area (TPSA) is 89.3 Å². The molecule has 0 aliphatic carbocycles. The van der Waals surface area contributed by atoms with Crippen molar-refractivity contribution in [2.45, 2.75) is 13.8 Å². The van der Waals surface area contributed by atoms with E-state index in [1.165, 1.54) is 0 Å². The summed E-state index contributed by atoms with van der Waals surface area (Å²) >= 11 is 0. The molecule has 132 valence electrons. The third kappa shape index (κ3) is 3.85. The van der Waals surface area contributed by atoms with Crippen LogP contribution in [0.5, 0.6) is 0 Å². The Bertz CT molecular complexity index is 763. The fraction of sp³-hybridized carbons (Fsp3) is 0.412. The molecule has 1 aromatic heterocycles. The molecular formula is C17H21N5O3. The number of aromatic nitrogens is 3. The van der Waals surface area contributed by atoms with E-state index in [4.69, 9.17) is 4.74 Å². The molecule has 2 heterocycles. The summed E-state index contributed by atoms with van der Waals surface area (Å²) in [7, 11) is 0. The van der Waals surface area contributed by atoms with Crippen LogP contribution in [0.25, 0.3) is 5.69 Å². The molecule has 0 unspecified atom stereocenters. The van der Waals surface area contributed by atoms with Crippen LogP contribution >= 0.6 is 0 Å². The Hall–Kier alpha value is -2.74. The van der Waals surface area contributed by atoms with Crippen molar-refractivity contribution in [3.63, 3.8) is 0 Å². The molecule has 1 saturated heterocycles. The van der Waals surface area contributed by atoms with Crippen molar-refractivity contribution >= 4 is 11.8 Å². The molecule has 0 bridgehead atoms. The Labute approximate surface area is 145 Å². The lowest BCUT2D eigenvalue weighted by molar-refractivity contribution is -0.134. The van der Waals surface area contributed by atoms with Crippen molar-refractivity contribution in [3.05, 3.63) is 41.2 Å². The number of carbonyl (C=O) groups excluding carboxylic acids is 2. The van der Waals surface area contributed by atoms with Crippen LogP contribution in [0.2, 0.25) is 0 Å². The van der Waals surface area contributed by atoms with E-state index >= 15 is 0 Å². The lowest BCUT2D eigenvalue weighted by atomic mass is 10.2. The number of carbonyl (C=O) groups is 2. The second kappa shape index (κ2) is 7.43. The van der Waals surface area contributed by atoms with Gasteiger partial charge in [0.25, 0.3) is 5.91 Å². The zero-order valence-corrected chi connectivity index (χ0v) is 14.4. The predicted molar refractivity (Wildman–Crippen MR) is 90.6 cm³/mol. The number of amides is 2. The first-order valence-corrected chi connectivity index (χ1v) is 8.19. The second-order valence-electron chi connectivity index (χ2n) is 5.95. The molecule has 1 fully saturated rings. The minimum atomic E-state index is -0.405. The SMILES string of the molecule is Cc1ccc(-n2nnc(C(=O)NCC(=O)N3CCOCC3)c2C)cc1. The highest BCUT2D eigenvalue weighted by Crippen LogP contribution is 2.13. The predicted octanol–water partition coefficient (Wildman–Crippen LogP) is 0.473. The largest absolute Gasteiger partial charge is 0.378 e. The lowest BCUT2D eigenvalue weighted by Crippen LogP contribution is -2.45. The molecule has 8 nitrogen and oxygen atoms in total. The van der Waals surface area contributed by atoms with Crippen molar-refractivity contribution in [3.8, 4) is 5.69 Å². The van der Waals surface area contributed by atoms with Crippen molar-refractivity contribution < 1.29 is 14.3 Å².